The van der Waals surface area contributed by atoms with Crippen LogP contribution in [0.2, 0.25) is 0 Å². The number of anilines is 1. The number of aliphatic hydroxyl groups is 3. The number of rotatable bonds is 35. The van der Waals surface area contributed by atoms with E-state index in [0.717, 1.165) is 93.2 Å². The summed E-state index contributed by atoms with van der Waals surface area (Å²) in [7, 11) is 9.34. The van der Waals surface area contributed by atoms with Crippen LogP contribution in [0.4, 0.5) is 5.69 Å². The van der Waals surface area contributed by atoms with Crippen molar-refractivity contribution in [2.45, 2.75) is 149 Å². The van der Waals surface area contributed by atoms with E-state index in [-0.39, 0.29) is 36.5 Å². The first-order valence-electron chi connectivity index (χ1n) is 45.1. The van der Waals surface area contributed by atoms with Gasteiger partial charge in [-0.3, -0.25) is 48.3 Å². The van der Waals surface area contributed by atoms with Crippen LogP contribution in [0.15, 0.2) is 346 Å². The first-order chi connectivity index (χ1) is 64.8. The summed E-state index contributed by atoms with van der Waals surface area (Å²) < 4.78 is 0. The Kier molecular flexibility index (Phi) is 45.0. The molecule has 0 aliphatic carbocycles. The van der Waals surface area contributed by atoms with E-state index in [2.05, 4.69) is 35.5 Å². The number of hydrogen-bond acceptors (Lipinski definition) is 14. The third-order valence-corrected chi connectivity index (χ3v) is 23.3. The fraction of sp³-hybridized carbons (Fsp3) is 0.273. The van der Waals surface area contributed by atoms with Gasteiger partial charge in [0, 0.05) is 40.8 Å². The predicted octanol–water partition coefficient (Wildman–Crippen LogP) is 21.3. The standard InChI is InChI=1S/C74H78N10O7.3C9H12O.C9H10O.2ClH.Cu/c1-51(57-27-13-7-14-28-57)79(45-66(75)85)68(87)47-81(53(3)59-31-17-9-18-32-59)70(89)49-83(55(5)61-35-21-11-22-36-61)72(91)50-84(56(6)62-37-23-12-24-38-62)71(90)48-82(54(4)60-33-19-10-20-34-60)69(88)46-80(52(2)58-29-15-8-16-30-58)67(86)44-78-65-43-63-39-25-41-76-73(63)74-64(65)40-26-42-77-74;4*1-2-9(10)8-6-4-3-5-7-8;;;/h7-43,51-56,78H,44-50H2,1-6H3,(H2,75,85);3*3-7,9-10H,2H2,1H3;3-7H,2H2,1H3;2*1H;/q;;;;;;;+2/p-2/t51-,52-,53-,54-,55-,56-;3*9-;;;;/m0110..../s1. The number of carbonyl (C=O) groups is 8. The zero-order valence-corrected chi connectivity index (χ0v) is 80.2. The van der Waals surface area contributed by atoms with Gasteiger partial charge in [0.2, 0.25) is 41.4 Å². The van der Waals surface area contributed by atoms with Crippen molar-refractivity contribution in [3.63, 3.8) is 0 Å². The molecule has 2 aromatic heterocycles. The van der Waals surface area contributed by atoms with Gasteiger partial charge >= 0.3 is 33.3 Å². The predicted molar refractivity (Wildman–Crippen MR) is 532 cm³/mol. The number of aliphatic hydroxyl groups excluding tert-OH is 3. The Morgan fingerprint density at radius 2 is 0.552 bits per heavy atom. The van der Waals surface area contributed by atoms with Gasteiger partial charge in [0.05, 0.1) is 78.7 Å². The molecule has 11 aromatic carbocycles. The molecule has 705 valence electrons. The van der Waals surface area contributed by atoms with Gasteiger partial charge in [0.1, 0.15) is 32.7 Å². The van der Waals surface area contributed by atoms with Gasteiger partial charge in [-0.25, -0.2) is 0 Å². The summed E-state index contributed by atoms with van der Waals surface area (Å²) in [6.45, 7) is 15.6. The van der Waals surface area contributed by atoms with Crippen LogP contribution in [0.3, 0.4) is 0 Å². The van der Waals surface area contributed by atoms with Crippen LogP contribution in [-0.2, 0) is 46.7 Å². The Bertz CT molecular complexity index is 5610. The van der Waals surface area contributed by atoms with E-state index in [1.54, 1.807) is 33.2 Å². The first kappa shape index (κ1) is 106. The topological polar surface area (TPSA) is 281 Å². The summed E-state index contributed by atoms with van der Waals surface area (Å²) in [4.78, 5) is 134. The third-order valence-electron chi connectivity index (χ3n) is 23.3. The molecule has 24 heteroatoms. The van der Waals surface area contributed by atoms with Crippen molar-refractivity contribution in [1.29, 1.82) is 0 Å². The number of aromatic nitrogens is 2. The second kappa shape index (κ2) is 56.8. The van der Waals surface area contributed by atoms with E-state index in [1.165, 1.54) is 29.4 Å². The molecule has 6 N–H and O–H groups in total. The van der Waals surface area contributed by atoms with Gasteiger partial charge in [0.15, 0.2) is 5.78 Å². The maximum atomic E-state index is 15.7. The Balaban J connectivity index is 0.000000414. The van der Waals surface area contributed by atoms with Crippen LogP contribution < -0.4 is 11.1 Å². The zero-order chi connectivity index (χ0) is 96.9. The molecule has 13 aromatic rings. The van der Waals surface area contributed by atoms with Crippen molar-refractivity contribution in [2.24, 2.45) is 5.73 Å². The number of carbonyl (C=O) groups excluding carboxylic acids is 8. The summed E-state index contributed by atoms with van der Waals surface area (Å²) in [6.07, 6.45) is 5.47. The third kappa shape index (κ3) is 32.4. The number of halogens is 2. The van der Waals surface area contributed by atoms with E-state index in [0.29, 0.717) is 28.8 Å². The van der Waals surface area contributed by atoms with Crippen molar-refractivity contribution < 1.29 is 66.8 Å². The maximum absolute atomic E-state index is 15.7. The van der Waals surface area contributed by atoms with Crippen LogP contribution >= 0.6 is 20.2 Å². The monoisotopic (exact) mass is 1890 g/mol. The Hall–Kier alpha value is -13.0. The van der Waals surface area contributed by atoms with E-state index < -0.39 is 111 Å². The SMILES string of the molecule is CCC(=O)c1ccccc1.CC[C@@H](O)c1ccccc1.CC[C@@H](O)c1ccccc1.CC[C@H](O)c1ccccc1.C[C@@H](c1ccccc1)N(CC(N)=O)C(=O)CN(C(=O)CN(C(=O)CN(C(=O)CN(C(=O)CN(C(=O)CNc1cc2cccnc2c2ncccc12)[C@@H](C)c1ccccc1)[C@@H](C)c1ccccc1)[C@@H](C)c1ccccc1)[C@@H](C)c1ccccc1)[C@@H](C)c1ccccc1.[Cl][Cu][Cl]. The number of fused-ring (bicyclic) bond motifs is 3. The van der Waals surface area contributed by atoms with Crippen molar-refractivity contribution in [1.82, 2.24) is 39.4 Å². The number of benzene rings is 11. The van der Waals surface area contributed by atoms with Crippen LogP contribution in [-0.4, -0.2) is 148 Å². The van der Waals surface area contributed by atoms with Crippen LogP contribution in [0.25, 0.3) is 21.8 Å². The molecule has 0 aliphatic heterocycles. The number of ketones is 1. The van der Waals surface area contributed by atoms with Crippen LogP contribution in [0.1, 0.15) is 210 Å². The molecule has 0 radical (unpaired) electrons. The van der Waals surface area contributed by atoms with Gasteiger partial charge in [-0.2, -0.15) is 0 Å². The number of amides is 7. The zero-order valence-electron chi connectivity index (χ0n) is 77.7. The molecular formula is C110H124Cl2CuN10O11. The Morgan fingerprint density at radius 1 is 0.321 bits per heavy atom. The second-order valence-electron chi connectivity index (χ2n) is 32.1. The van der Waals surface area contributed by atoms with E-state index in [9.17, 15) is 34.5 Å². The molecule has 0 bridgehead atoms. The molecule has 7 amide bonds. The summed E-state index contributed by atoms with van der Waals surface area (Å²) in [5.41, 5.74) is 16.0. The fourth-order valence-corrected chi connectivity index (χ4v) is 15.2. The number of Topliss-reactive ketones (excluding diaryl/α,β-unsaturated/α-hetero) is 1. The number of primary amides is 1. The summed E-state index contributed by atoms with van der Waals surface area (Å²) >= 11 is 0.757. The minimum absolute atomic E-state index is 0.196. The van der Waals surface area contributed by atoms with Gasteiger partial charge in [-0.05, 0) is 135 Å². The van der Waals surface area contributed by atoms with Gasteiger partial charge in [-0.15, -0.1) is 0 Å². The summed E-state index contributed by atoms with van der Waals surface area (Å²) in [5.74, 6) is -3.71. The number of nitrogens with zero attached hydrogens (tertiary/aromatic N) is 8. The first-order valence-corrected chi connectivity index (χ1v) is 47.7. The molecule has 0 aliphatic rings. The average Bonchev–Trinajstić information content (AvgIpc) is 0.766. The number of hydrogen-bond donors (Lipinski definition) is 5. The molecule has 0 saturated heterocycles. The Labute approximate surface area is 803 Å². The summed E-state index contributed by atoms with van der Waals surface area (Å²) in [6, 6.07) is 99.4. The molecule has 0 spiro atoms. The molecule has 0 unspecified atom stereocenters. The number of pyridine rings is 2. The molecule has 0 saturated carbocycles. The van der Waals surface area contributed by atoms with E-state index >= 15 is 19.2 Å². The van der Waals surface area contributed by atoms with E-state index in [1.807, 2.05) is 382 Å². The van der Waals surface area contributed by atoms with Crippen molar-refractivity contribution in [2.75, 3.05) is 51.1 Å². The molecule has 21 nitrogen and oxygen atoms in total. The van der Waals surface area contributed by atoms with Gasteiger partial charge in [-0.1, -0.05) is 337 Å². The molecular weight excluding hydrogens is 1770 g/mol. The molecule has 13 rings (SSSR count). The van der Waals surface area contributed by atoms with Crippen molar-refractivity contribution in [3.05, 3.63) is 402 Å². The second-order valence-corrected chi connectivity index (χ2v) is 33.6. The Morgan fingerprint density at radius 3 is 0.806 bits per heavy atom. The molecule has 2 heterocycles. The minimum atomic E-state index is -0.749. The van der Waals surface area contributed by atoms with E-state index in [4.69, 9.17) is 5.73 Å². The van der Waals surface area contributed by atoms with Gasteiger partial charge < -0.3 is 55.8 Å². The average molecular weight is 1900 g/mol. The van der Waals surface area contributed by atoms with Crippen LogP contribution in [0, 0.1) is 0 Å². The fourth-order valence-electron chi connectivity index (χ4n) is 15.2. The van der Waals surface area contributed by atoms with Gasteiger partial charge in [0.25, 0.3) is 0 Å². The van der Waals surface area contributed by atoms with Crippen molar-refractivity contribution >= 4 is 94.8 Å². The molecule has 134 heavy (non-hydrogen) atoms. The van der Waals surface area contributed by atoms with Crippen molar-refractivity contribution in [3.8, 4) is 0 Å². The van der Waals surface area contributed by atoms with Crippen LogP contribution in [0.5, 0.6) is 0 Å². The quantitative estimate of drug-likeness (QED) is 0.0140. The molecule has 0 fully saturated rings. The number of nitrogens with one attached hydrogen (secondary N) is 1. The normalized spacial score (nSPS) is 12.7. The number of nitrogens with two attached hydrogens (primary N) is 1. The molecule has 9 atom stereocenters. The summed E-state index contributed by atoms with van der Waals surface area (Å²) in [5, 5.41) is 32.9.